The average molecular weight is 224 g/mol. The van der Waals surface area contributed by atoms with E-state index in [4.69, 9.17) is 5.21 Å². The van der Waals surface area contributed by atoms with E-state index in [1.165, 1.54) is 11.1 Å². The maximum atomic E-state index is 10.0. The predicted molar refractivity (Wildman–Crippen MR) is 60.2 cm³/mol. The summed E-state index contributed by atoms with van der Waals surface area (Å²) in [5.74, 6) is 0.542. The third-order valence-electron chi connectivity index (χ3n) is 2.46. The molecule has 0 heterocycles. The first kappa shape index (κ1) is 12.5. The Bertz CT molecular complexity index is 333. The Balaban J connectivity index is 2.35. The minimum absolute atomic E-state index is 0.228. The van der Waals surface area contributed by atoms with E-state index in [0.29, 0.717) is 12.3 Å². The molecule has 0 saturated carbocycles. The minimum atomic E-state index is -0.498. The van der Waals surface area contributed by atoms with Gasteiger partial charge in [0.1, 0.15) is 4.91 Å². The van der Waals surface area contributed by atoms with Crippen molar-refractivity contribution in [3.05, 3.63) is 40.3 Å². The van der Waals surface area contributed by atoms with Crippen molar-refractivity contribution in [3.8, 4) is 0 Å². The zero-order valence-electron chi connectivity index (χ0n) is 9.72. The second kappa shape index (κ2) is 6.10. The molecule has 4 nitrogen and oxygen atoms in total. The molecule has 0 spiro atoms. The van der Waals surface area contributed by atoms with Gasteiger partial charge < -0.3 is 0 Å². The maximum absolute atomic E-state index is 10.0. The van der Waals surface area contributed by atoms with E-state index in [1.807, 2.05) is 0 Å². The van der Waals surface area contributed by atoms with Crippen LogP contribution in [0.1, 0.15) is 37.3 Å². The smallest absolute Gasteiger partial charge is 0.200 e. The van der Waals surface area contributed by atoms with Gasteiger partial charge in [-0.2, -0.15) is 4.84 Å². The van der Waals surface area contributed by atoms with E-state index in [2.05, 4.69) is 43.0 Å². The van der Waals surface area contributed by atoms with Crippen LogP contribution in [0, 0.1) is 4.91 Å². The predicted octanol–water partition coefficient (Wildman–Crippen LogP) is 2.84. The highest BCUT2D eigenvalue weighted by Gasteiger charge is 2.03. The molecule has 0 bridgehead atoms. The van der Waals surface area contributed by atoms with Gasteiger partial charge in [0.25, 0.3) is 0 Å². The Morgan fingerprint density at radius 2 is 1.94 bits per heavy atom. The fourth-order valence-corrected chi connectivity index (χ4v) is 1.49. The molecule has 16 heavy (non-hydrogen) atoms. The van der Waals surface area contributed by atoms with Crippen LogP contribution in [0.2, 0.25) is 0 Å². The van der Waals surface area contributed by atoms with E-state index in [1.54, 1.807) is 0 Å². The summed E-state index contributed by atoms with van der Waals surface area (Å²) in [6, 6.07) is 8.41. The van der Waals surface area contributed by atoms with Crippen molar-refractivity contribution in [2.45, 2.75) is 32.6 Å². The summed E-state index contributed by atoms with van der Waals surface area (Å²) < 4.78 is 0. The summed E-state index contributed by atoms with van der Waals surface area (Å²) in [4.78, 5) is 14.4. The molecule has 0 unspecified atom stereocenters. The number of nitrogens with zero attached hydrogens (tertiary/aromatic N) is 1. The van der Waals surface area contributed by atoms with Crippen molar-refractivity contribution in [2.24, 2.45) is 0 Å². The molecule has 1 aromatic rings. The highest BCUT2D eigenvalue weighted by atomic mass is 16.9. The second-order valence-corrected chi connectivity index (χ2v) is 4.07. The van der Waals surface area contributed by atoms with E-state index >= 15 is 0 Å². The topological polar surface area (TPSA) is 49.5 Å². The van der Waals surface area contributed by atoms with Gasteiger partial charge >= 0.3 is 5.09 Å². The lowest BCUT2D eigenvalue weighted by Gasteiger charge is -2.06. The maximum Gasteiger partial charge on any atom is 0.475 e. The van der Waals surface area contributed by atoms with Gasteiger partial charge in [-0.15, -0.1) is 0 Å². The van der Waals surface area contributed by atoms with Gasteiger partial charge in [0.15, 0.2) is 6.61 Å². The molecule has 0 aliphatic heterocycles. The lowest BCUT2D eigenvalue weighted by molar-refractivity contribution is -0.975. The molecule has 1 N–H and O–H groups in total. The number of aryl methyl sites for hydroxylation is 1. The first-order chi connectivity index (χ1) is 7.59. The number of rotatable bonds is 6. The minimum Gasteiger partial charge on any atom is -0.200 e. The standard InChI is InChI=1S/C12H18NO3/c1-10(2)12-7-5-11(6-8-12)4-3-9-16-13(14)15/h5-8,10H,3-4,9H2,1-2H3,(H,14,15)/q+1. The van der Waals surface area contributed by atoms with Crippen LogP contribution < -0.4 is 0 Å². The van der Waals surface area contributed by atoms with Crippen LogP contribution in [-0.2, 0) is 11.3 Å². The van der Waals surface area contributed by atoms with Crippen LogP contribution in [-0.4, -0.2) is 16.9 Å². The van der Waals surface area contributed by atoms with Crippen molar-refractivity contribution in [1.82, 2.24) is 0 Å². The zero-order chi connectivity index (χ0) is 12.0. The van der Waals surface area contributed by atoms with Gasteiger partial charge in [-0.3, -0.25) is 0 Å². The molecule has 0 amide bonds. The normalized spacial score (nSPS) is 10.4. The molecule has 0 radical (unpaired) electrons. The Labute approximate surface area is 95.3 Å². The Morgan fingerprint density at radius 3 is 2.44 bits per heavy atom. The average Bonchev–Trinajstić information content (AvgIpc) is 2.25. The molecule has 0 aromatic heterocycles. The van der Waals surface area contributed by atoms with Crippen molar-refractivity contribution in [2.75, 3.05) is 6.61 Å². The third kappa shape index (κ3) is 4.29. The zero-order valence-corrected chi connectivity index (χ0v) is 9.72. The van der Waals surface area contributed by atoms with Crippen LogP contribution >= 0.6 is 0 Å². The SMILES string of the molecule is CC(C)c1ccc(CCCO[N+](=O)O)cc1. The second-order valence-electron chi connectivity index (χ2n) is 4.07. The van der Waals surface area contributed by atoms with E-state index in [0.717, 1.165) is 6.42 Å². The summed E-state index contributed by atoms with van der Waals surface area (Å²) in [5, 5.41) is 7.70. The van der Waals surface area contributed by atoms with Crippen molar-refractivity contribution >= 4 is 0 Å². The Hall–Kier alpha value is -1.58. The molecule has 1 aromatic carbocycles. The van der Waals surface area contributed by atoms with Crippen LogP contribution in [0.3, 0.4) is 0 Å². The van der Waals surface area contributed by atoms with Gasteiger partial charge in [-0.05, 0) is 29.9 Å². The van der Waals surface area contributed by atoms with E-state index < -0.39 is 5.09 Å². The van der Waals surface area contributed by atoms with Gasteiger partial charge in [0, 0.05) is 0 Å². The summed E-state index contributed by atoms with van der Waals surface area (Å²) >= 11 is 0. The first-order valence-electron chi connectivity index (χ1n) is 5.47. The summed E-state index contributed by atoms with van der Waals surface area (Å²) in [6.07, 6.45) is 1.55. The largest absolute Gasteiger partial charge is 0.475 e. The monoisotopic (exact) mass is 224 g/mol. The van der Waals surface area contributed by atoms with Gasteiger partial charge in [-0.1, -0.05) is 38.1 Å². The summed E-state index contributed by atoms with van der Waals surface area (Å²) in [5.41, 5.74) is 2.53. The van der Waals surface area contributed by atoms with Crippen LogP contribution in [0.15, 0.2) is 24.3 Å². The summed E-state index contributed by atoms with van der Waals surface area (Å²) in [6.45, 7) is 4.55. The Kier molecular flexibility index (Phi) is 4.76. The molecular formula is C12H18NO3+. The molecule has 0 atom stereocenters. The van der Waals surface area contributed by atoms with E-state index in [-0.39, 0.29) is 6.61 Å². The van der Waals surface area contributed by atoms with E-state index in [9.17, 15) is 4.91 Å². The fourth-order valence-electron chi connectivity index (χ4n) is 1.49. The molecule has 0 aliphatic rings. The van der Waals surface area contributed by atoms with Gasteiger partial charge in [0.05, 0.1) is 0 Å². The molecule has 0 aliphatic carbocycles. The third-order valence-corrected chi connectivity index (χ3v) is 2.46. The molecule has 1 rings (SSSR count). The molecule has 0 fully saturated rings. The lowest BCUT2D eigenvalue weighted by atomic mass is 10.0. The van der Waals surface area contributed by atoms with Crippen molar-refractivity contribution < 1.29 is 15.1 Å². The molecule has 88 valence electrons. The molecular weight excluding hydrogens is 206 g/mol. The van der Waals surface area contributed by atoms with Crippen molar-refractivity contribution in [3.63, 3.8) is 0 Å². The van der Waals surface area contributed by atoms with Crippen LogP contribution in [0.5, 0.6) is 0 Å². The number of hydrogen-bond acceptors (Lipinski definition) is 2. The lowest BCUT2D eigenvalue weighted by Crippen LogP contribution is -2.05. The summed E-state index contributed by atoms with van der Waals surface area (Å²) in [7, 11) is 0. The van der Waals surface area contributed by atoms with Gasteiger partial charge in [0.2, 0.25) is 0 Å². The first-order valence-corrected chi connectivity index (χ1v) is 5.47. The van der Waals surface area contributed by atoms with Gasteiger partial charge in [-0.25, -0.2) is 5.21 Å². The number of benzene rings is 1. The molecule has 0 saturated heterocycles. The van der Waals surface area contributed by atoms with Crippen molar-refractivity contribution in [1.29, 1.82) is 0 Å². The quantitative estimate of drug-likeness (QED) is 0.597. The number of hydrogen-bond donors (Lipinski definition) is 1. The molecule has 4 heteroatoms. The Morgan fingerprint density at radius 1 is 1.31 bits per heavy atom. The van der Waals surface area contributed by atoms with Crippen LogP contribution in [0.4, 0.5) is 0 Å². The highest BCUT2D eigenvalue weighted by molar-refractivity contribution is 5.24. The van der Waals surface area contributed by atoms with Crippen LogP contribution in [0.25, 0.3) is 0 Å². The fraction of sp³-hybridized carbons (Fsp3) is 0.500. The highest BCUT2D eigenvalue weighted by Crippen LogP contribution is 2.15.